The molecule has 2 N–H and O–H groups in total. The first kappa shape index (κ1) is 15.5. The minimum Gasteiger partial charge on any atom is -0.380 e. The summed E-state index contributed by atoms with van der Waals surface area (Å²) in [5.74, 6) is 0.758. The van der Waals surface area contributed by atoms with E-state index in [9.17, 15) is 4.79 Å². The molecule has 2 aliphatic rings. The lowest BCUT2D eigenvalue weighted by molar-refractivity contribution is -0.134. The predicted molar refractivity (Wildman–Crippen MR) is 86.3 cm³/mol. The maximum atomic E-state index is 12.8. The van der Waals surface area contributed by atoms with Gasteiger partial charge in [0.1, 0.15) is 0 Å². The minimum absolute atomic E-state index is 0.158. The Morgan fingerprint density at radius 3 is 2.86 bits per heavy atom. The smallest absolute Gasteiger partial charge is 0.228 e. The molecule has 0 radical (unpaired) electrons. The highest BCUT2D eigenvalue weighted by atomic mass is 16.5. The van der Waals surface area contributed by atoms with E-state index < -0.39 is 0 Å². The quantitative estimate of drug-likeness (QED) is 0.877. The van der Waals surface area contributed by atoms with Gasteiger partial charge in [0.2, 0.25) is 5.91 Å². The Bertz CT molecular complexity index is 514. The van der Waals surface area contributed by atoms with Crippen molar-refractivity contribution in [2.75, 3.05) is 20.2 Å². The number of benzene rings is 1. The summed E-state index contributed by atoms with van der Waals surface area (Å²) in [6.45, 7) is 3.08. The number of hydrogen-bond acceptors (Lipinski definition) is 3. The van der Waals surface area contributed by atoms with Crippen LogP contribution in [0.1, 0.15) is 36.8 Å². The zero-order valence-electron chi connectivity index (χ0n) is 13.4. The number of methoxy groups -OCH3 is 1. The Labute approximate surface area is 132 Å². The lowest BCUT2D eigenvalue weighted by atomic mass is 9.67. The van der Waals surface area contributed by atoms with Gasteiger partial charge < -0.3 is 15.4 Å². The number of carbonyl (C=O) groups is 1. The molecule has 0 bridgehead atoms. The molecule has 4 nitrogen and oxygen atoms in total. The van der Waals surface area contributed by atoms with Gasteiger partial charge in [0.05, 0.1) is 12.0 Å². The number of amides is 1. The maximum Gasteiger partial charge on any atom is 0.228 e. The summed E-state index contributed by atoms with van der Waals surface area (Å²) in [7, 11) is 1.70. The second kappa shape index (κ2) is 6.80. The topological polar surface area (TPSA) is 50.4 Å². The fraction of sp³-hybridized carbons (Fsp3) is 0.611. The molecule has 4 heteroatoms. The Balaban J connectivity index is 1.59. The van der Waals surface area contributed by atoms with E-state index in [2.05, 4.69) is 34.9 Å². The molecule has 1 aromatic rings. The van der Waals surface area contributed by atoms with Crippen molar-refractivity contribution < 1.29 is 9.53 Å². The van der Waals surface area contributed by atoms with E-state index in [4.69, 9.17) is 4.74 Å². The van der Waals surface area contributed by atoms with Crippen LogP contribution in [-0.4, -0.2) is 26.1 Å². The molecular weight excluding hydrogens is 276 g/mol. The van der Waals surface area contributed by atoms with Crippen LogP contribution in [0.4, 0.5) is 0 Å². The van der Waals surface area contributed by atoms with Gasteiger partial charge in [-0.25, -0.2) is 0 Å². The van der Waals surface area contributed by atoms with Crippen LogP contribution in [0.25, 0.3) is 0 Å². The summed E-state index contributed by atoms with van der Waals surface area (Å²) in [6, 6.07) is 8.25. The first-order valence-corrected chi connectivity index (χ1v) is 8.30. The van der Waals surface area contributed by atoms with Crippen molar-refractivity contribution in [2.45, 2.75) is 38.8 Å². The fourth-order valence-electron chi connectivity index (χ4n) is 3.97. The Morgan fingerprint density at radius 2 is 2.09 bits per heavy atom. The predicted octanol–water partition coefficient (Wildman–Crippen LogP) is 2.23. The van der Waals surface area contributed by atoms with Crippen molar-refractivity contribution in [3.63, 3.8) is 0 Å². The summed E-state index contributed by atoms with van der Waals surface area (Å²) >= 11 is 0. The molecule has 22 heavy (non-hydrogen) atoms. The Morgan fingerprint density at radius 1 is 1.32 bits per heavy atom. The summed E-state index contributed by atoms with van der Waals surface area (Å²) in [5.41, 5.74) is 2.14. The van der Waals surface area contributed by atoms with Crippen LogP contribution in [0.15, 0.2) is 24.3 Å². The van der Waals surface area contributed by atoms with Crippen LogP contribution in [-0.2, 0) is 22.7 Å². The average molecular weight is 302 g/mol. The van der Waals surface area contributed by atoms with E-state index in [0.29, 0.717) is 19.1 Å². The molecule has 0 spiro atoms. The Kier molecular flexibility index (Phi) is 4.79. The van der Waals surface area contributed by atoms with Crippen LogP contribution < -0.4 is 10.6 Å². The number of hydrogen-bond donors (Lipinski definition) is 2. The highest BCUT2D eigenvalue weighted by Gasteiger charge is 2.49. The third-order valence-corrected chi connectivity index (χ3v) is 5.28. The van der Waals surface area contributed by atoms with E-state index in [1.54, 1.807) is 7.11 Å². The largest absolute Gasteiger partial charge is 0.380 e. The average Bonchev–Trinajstić information content (AvgIpc) is 2.99. The van der Waals surface area contributed by atoms with E-state index >= 15 is 0 Å². The lowest BCUT2D eigenvalue weighted by Gasteiger charge is -2.37. The van der Waals surface area contributed by atoms with Crippen LogP contribution >= 0.6 is 0 Å². The lowest BCUT2D eigenvalue weighted by Crippen LogP contribution is -2.47. The van der Waals surface area contributed by atoms with Gasteiger partial charge in [-0.3, -0.25) is 4.79 Å². The molecule has 1 aromatic carbocycles. The molecule has 1 aliphatic carbocycles. The van der Waals surface area contributed by atoms with Crippen molar-refractivity contribution in [3.05, 3.63) is 35.4 Å². The van der Waals surface area contributed by atoms with Crippen molar-refractivity contribution in [3.8, 4) is 0 Å². The molecule has 1 saturated heterocycles. The third kappa shape index (κ3) is 3.03. The first-order valence-electron chi connectivity index (χ1n) is 8.30. The van der Waals surface area contributed by atoms with Crippen LogP contribution in [0.3, 0.4) is 0 Å². The standard InChI is InChI=1S/C18H26N2O2/c1-22-12-15-7-5-14(6-8-15)10-20-17(21)18-9-3-2-4-16(18)11-19-13-18/h5-8,16,19H,2-4,9-13H2,1H3,(H,20,21)/t16-,18+/m0/s1. The highest BCUT2D eigenvalue weighted by Crippen LogP contribution is 2.43. The third-order valence-electron chi connectivity index (χ3n) is 5.28. The van der Waals surface area contributed by atoms with Crippen LogP contribution in [0.5, 0.6) is 0 Å². The van der Waals surface area contributed by atoms with E-state index in [1.807, 2.05) is 0 Å². The molecule has 1 amide bonds. The van der Waals surface area contributed by atoms with Gasteiger partial charge >= 0.3 is 0 Å². The van der Waals surface area contributed by atoms with Crippen molar-refractivity contribution in [1.29, 1.82) is 0 Å². The molecule has 120 valence electrons. The molecule has 0 aromatic heterocycles. The van der Waals surface area contributed by atoms with E-state index in [1.165, 1.54) is 19.3 Å². The first-order chi connectivity index (χ1) is 10.7. The SMILES string of the molecule is COCc1ccc(CNC(=O)[C@@]23CCCC[C@H]2CNC3)cc1. The van der Waals surface area contributed by atoms with Gasteiger partial charge in [-0.15, -0.1) is 0 Å². The summed E-state index contributed by atoms with van der Waals surface area (Å²) < 4.78 is 5.12. The zero-order valence-corrected chi connectivity index (χ0v) is 13.4. The molecular formula is C18H26N2O2. The fourth-order valence-corrected chi connectivity index (χ4v) is 3.97. The molecule has 1 aliphatic heterocycles. The van der Waals surface area contributed by atoms with Gasteiger partial charge in [0.15, 0.2) is 0 Å². The number of carbonyl (C=O) groups excluding carboxylic acids is 1. The molecule has 1 heterocycles. The maximum absolute atomic E-state index is 12.8. The van der Waals surface area contributed by atoms with E-state index in [0.717, 1.165) is 30.6 Å². The van der Waals surface area contributed by atoms with Crippen molar-refractivity contribution in [2.24, 2.45) is 11.3 Å². The van der Waals surface area contributed by atoms with Gasteiger partial charge in [-0.2, -0.15) is 0 Å². The van der Waals surface area contributed by atoms with Crippen LogP contribution in [0, 0.1) is 11.3 Å². The molecule has 0 unspecified atom stereocenters. The van der Waals surface area contributed by atoms with Gasteiger partial charge in [-0.05, 0) is 36.4 Å². The summed E-state index contributed by atoms with van der Waals surface area (Å²) in [4.78, 5) is 12.8. The monoisotopic (exact) mass is 302 g/mol. The summed E-state index contributed by atoms with van der Waals surface area (Å²) in [5, 5.41) is 6.60. The van der Waals surface area contributed by atoms with Crippen molar-refractivity contribution >= 4 is 5.91 Å². The zero-order chi connectivity index (χ0) is 15.4. The second-order valence-corrected chi connectivity index (χ2v) is 6.66. The Hall–Kier alpha value is -1.39. The molecule has 1 saturated carbocycles. The van der Waals surface area contributed by atoms with Gasteiger partial charge in [-0.1, -0.05) is 37.1 Å². The normalized spacial score (nSPS) is 27.4. The number of ether oxygens (including phenoxy) is 1. The van der Waals surface area contributed by atoms with Gasteiger partial charge in [0, 0.05) is 20.2 Å². The number of nitrogens with one attached hydrogen (secondary N) is 2. The summed E-state index contributed by atoms with van der Waals surface area (Å²) in [6.07, 6.45) is 4.66. The van der Waals surface area contributed by atoms with Gasteiger partial charge in [0.25, 0.3) is 0 Å². The number of fused-ring (bicyclic) bond motifs is 1. The van der Waals surface area contributed by atoms with E-state index in [-0.39, 0.29) is 11.3 Å². The highest BCUT2D eigenvalue weighted by molar-refractivity contribution is 5.83. The molecule has 3 rings (SSSR count). The minimum atomic E-state index is -0.158. The molecule has 2 fully saturated rings. The van der Waals surface area contributed by atoms with Crippen molar-refractivity contribution in [1.82, 2.24) is 10.6 Å². The van der Waals surface area contributed by atoms with Crippen LogP contribution in [0.2, 0.25) is 0 Å². The molecule has 2 atom stereocenters. The second-order valence-electron chi connectivity index (χ2n) is 6.66. The number of rotatable bonds is 5.